The highest BCUT2D eigenvalue weighted by atomic mass is 16.5. The molecule has 0 aliphatic carbocycles. The van der Waals surface area contributed by atoms with Crippen molar-refractivity contribution in [2.75, 3.05) is 32.6 Å². The molecule has 1 aliphatic rings. The third-order valence-corrected chi connectivity index (χ3v) is 5.53. The van der Waals surface area contributed by atoms with Crippen molar-refractivity contribution in [3.05, 3.63) is 59.7 Å². The van der Waals surface area contributed by atoms with Crippen molar-refractivity contribution < 1.29 is 19.1 Å². The lowest BCUT2D eigenvalue weighted by atomic mass is 9.87. The second kappa shape index (κ2) is 9.07. The minimum Gasteiger partial charge on any atom is -0.497 e. The Morgan fingerprint density at radius 1 is 1.10 bits per heavy atom. The van der Waals surface area contributed by atoms with Gasteiger partial charge in [-0.1, -0.05) is 31.2 Å². The molecule has 3 rings (SSSR count). The maximum atomic E-state index is 13.2. The van der Waals surface area contributed by atoms with Gasteiger partial charge in [-0.2, -0.15) is 0 Å². The monoisotopic (exact) mass is 424 g/mol. The summed E-state index contributed by atoms with van der Waals surface area (Å²) in [6, 6.07) is 14.2. The lowest BCUT2D eigenvalue weighted by Crippen LogP contribution is -2.44. The summed E-state index contributed by atoms with van der Waals surface area (Å²) in [7, 11) is 5.47. The fraction of sp³-hybridized carbons (Fsp3) is 0.348. The Kier molecular flexibility index (Phi) is 6.48. The van der Waals surface area contributed by atoms with E-state index in [1.165, 1.54) is 0 Å². The molecule has 0 unspecified atom stereocenters. The smallest absolute Gasteiger partial charge is 0.325 e. The fourth-order valence-electron chi connectivity index (χ4n) is 3.60. The number of imide groups is 1. The van der Waals surface area contributed by atoms with Crippen LogP contribution in [0.3, 0.4) is 0 Å². The van der Waals surface area contributed by atoms with E-state index in [1.807, 2.05) is 50.2 Å². The minimum atomic E-state index is -1.19. The Balaban J connectivity index is 1.66. The number of anilines is 1. The molecule has 8 heteroatoms. The number of carbonyl (C=O) groups excluding carboxylic acids is 3. The summed E-state index contributed by atoms with van der Waals surface area (Å²) >= 11 is 0. The van der Waals surface area contributed by atoms with E-state index in [2.05, 4.69) is 10.6 Å². The molecule has 4 amide bonds. The summed E-state index contributed by atoms with van der Waals surface area (Å²) in [6.45, 7) is 1.80. The molecule has 0 radical (unpaired) electrons. The molecule has 0 spiro atoms. The normalized spacial score (nSPS) is 18.0. The van der Waals surface area contributed by atoms with Crippen LogP contribution < -0.4 is 20.3 Å². The third-order valence-electron chi connectivity index (χ3n) is 5.53. The van der Waals surface area contributed by atoms with E-state index in [1.54, 1.807) is 31.4 Å². The number of urea groups is 1. The van der Waals surface area contributed by atoms with Gasteiger partial charge in [-0.05, 0) is 41.8 Å². The summed E-state index contributed by atoms with van der Waals surface area (Å²) in [5, 5.41) is 5.55. The van der Waals surface area contributed by atoms with Crippen LogP contribution in [0.15, 0.2) is 48.5 Å². The average molecular weight is 425 g/mol. The van der Waals surface area contributed by atoms with Gasteiger partial charge in [0.25, 0.3) is 5.91 Å². The topological polar surface area (TPSA) is 91.0 Å². The molecule has 164 valence electrons. The quantitative estimate of drug-likeness (QED) is 0.634. The van der Waals surface area contributed by atoms with Gasteiger partial charge in [0, 0.05) is 26.3 Å². The first-order valence-corrected chi connectivity index (χ1v) is 10.1. The fourth-order valence-corrected chi connectivity index (χ4v) is 3.60. The largest absolute Gasteiger partial charge is 0.497 e. The maximum absolute atomic E-state index is 13.2. The number of nitrogens with one attached hydrogen (secondary N) is 2. The predicted octanol–water partition coefficient (Wildman–Crippen LogP) is 2.23. The molecular formula is C23H28N4O4. The van der Waals surface area contributed by atoms with Crippen molar-refractivity contribution in [3.8, 4) is 5.75 Å². The third kappa shape index (κ3) is 4.47. The number of ether oxygens (including phenoxy) is 1. The zero-order valence-corrected chi connectivity index (χ0v) is 18.3. The number of nitrogens with zero attached hydrogens (tertiary/aromatic N) is 2. The van der Waals surface area contributed by atoms with Crippen molar-refractivity contribution >= 4 is 23.5 Å². The maximum Gasteiger partial charge on any atom is 0.325 e. The van der Waals surface area contributed by atoms with Crippen molar-refractivity contribution in [1.82, 2.24) is 15.5 Å². The SMILES string of the molecule is CC[C@]1(c2ccc(OC)cc2)NC(=O)N(CC(=O)NCc2ccc(N(C)C)cc2)C1=O. The molecule has 0 aromatic heterocycles. The average Bonchev–Trinajstić information content (AvgIpc) is 3.03. The van der Waals surface area contributed by atoms with Crippen LogP contribution in [-0.4, -0.2) is 50.5 Å². The van der Waals surface area contributed by atoms with Gasteiger partial charge in [0.2, 0.25) is 5.91 Å². The Hall–Kier alpha value is -3.55. The van der Waals surface area contributed by atoms with Crippen LogP contribution in [0.2, 0.25) is 0 Å². The van der Waals surface area contributed by atoms with Gasteiger partial charge in [0.15, 0.2) is 0 Å². The van der Waals surface area contributed by atoms with Crippen LogP contribution in [0.25, 0.3) is 0 Å². The summed E-state index contributed by atoms with van der Waals surface area (Å²) < 4.78 is 5.16. The van der Waals surface area contributed by atoms with Crippen LogP contribution in [0.4, 0.5) is 10.5 Å². The molecule has 1 heterocycles. The van der Waals surface area contributed by atoms with Gasteiger partial charge < -0.3 is 20.3 Å². The number of rotatable bonds is 8. The van der Waals surface area contributed by atoms with Crippen LogP contribution in [0.5, 0.6) is 5.75 Å². The molecule has 1 fully saturated rings. The van der Waals surface area contributed by atoms with Crippen LogP contribution >= 0.6 is 0 Å². The molecule has 1 saturated heterocycles. The minimum absolute atomic E-state index is 0.313. The molecule has 1 aliphatic heterocycles. The Bertz CT molecular complexity index is 957. The number of hydrogen-bond acceptors (Lipinski definition) is 5. The zero-order chi connectivity index (χ0) is 22.6. The van der Waals surface area contributed by atoms with Crippen molar-refractivity contribution in [2.24, 2.45) is 0 Å². The first kappa shape index (κ1) is 22.1. The second-order valence-electron chi connectivity index (χ2n) is 7.65. The van der Waals surface area contributed by atoms with E-state index in [0.717, 1.165) is 16.2 Å². The zero-order valence-electron chi connectivity index (χ0n) is 18.3. The van der Waals surface area contributed by atoms with Gasteiger partial charge in [0.1, 0.15) is 17.8 Å². The number of methoxy groups -OCH3 is 1. The van der Waals surface area contributed by atoms with Crippen LogP contribution in [-0.2, 0) is 21.7 Å². The molecule has 1 atom stereocenters. The Labute approximate surface area is 182 Å². The molecule has 2 N–H and O–H groups in total. The highest BCUT2D eigenvalue weighted by Crippen LogP contribution is 2.33. The van der Waals surface area contributed by atoms with E-state index >= 15 is 0 Å². The molecule has 8 nitrogen and oxygen atoms in total. The Morgan fingerprint density at radius 2 is 1.74 bits per heavy atom. The van der Waals surface area contributed by atoms with E-state index in [9.17, 15) is 14.4 Å². The lowest BCUT2D eigenvalue weighted by Gasteiger charge is -2.26. The van der Waals surface area contributed by atoms with E-state index in [-0.39, 0.29) is 6.54 Å². The van der Waals surface area contributed by atoms with Gasteiger partial charge in [-0.15, -0.1) is 0 Å². The number of amides is 4. The van der Waals surface area contributed by atoms with Gasteiger partial charge in [0.05, 0.1) is 7.11 Å². The van der Waals surface area contributed by atoms with E-state index in [0.29, 0.717) is 24.3 Å². The standard InChI is InChI=1S/C23H28N4O4/c1-5-23(17-8-12-19(31-4)13-9-17)21(29)27(22(30)25-23)15-20(28)24-14-16-6-10-18(11-7-16)26(2)3/h6-13H,5,14-15H2,1-4H3,(H,24,28)(H,25,30)/t23-/m1/s1. The highest BCUT2D eigenvalue weighted by molar-refractivity contribution is 6.09. The van der Waals surface area contributed by atoms with Crippen LogP contribution in [0, 0.1) is 0 Å². The Morgan fingerprint density at radius 3 is 2.29 bits per heavy atom. The summed E-state index contributed by atoms with van der Waals surface area (Å²) in [5.74, 6) is -0.181. The number of hydrogen-bond donors (Lipinski definition) is 2. The molecular weight excluding hydrogens is 396 g/mol. The van der Waals surface area contributed by atoms with E-state index < -0.39 is 23.4 Å². The molecule has 0 saturated carbocycles. The second-order valence-corrected chi connectivity index (χ2v) is 7.65. The van der Waals surface area contributed by atoms with Crippen molar-refractivity contribution in [1.29, 1.82) is 0 Å². The molecule has 0 bridgehead atoms. The summed E-state index contributed by atoms with van der Waals surface area (Å²) in [6.07, 6.45) is 0.361. The lowest BCUT2D eigenvalue weighted by molar-refractivity contribution is -0.135. The van der Waals surface area contributed by atoms with Crippen LogP contribution in [0.1, 0.15) is 24.5 Å². The first-order valence-electron chi connectivity index (χ1n) is 10.1. The molecule has 31 heavy (non-hydrogen) atoms. The molecule has 2 aromatic carbocycles. The predicted molar refractivity (Wildman–Crippen MR) is 118 cm³/mol. The van der Waals surface area contributed by atoms with Gasteiger partial charge in [-0.3, -0.25) is 14.5 Å². The van der Waals surface area contributed by atoms with Crippen molar-refractivity contribution in [3.63, 3.8) is 0 Å². The van der Waals surface area contributed by atoms with Gasteiger partial charge >= 0.3 is 6.03 Å². The number of carbonyl (C=O) groups is 3. The summed E-state index contributed by atoms with van der Waals surface area (Å²) in [5.41, 5.74) is 1.45. The molecule has 2 aromatic rings. The first-order chi connectivity index (χ1) is 14.8. The van der Waals surface area contributed by atoms with E-state index in [4.69, 9.17) is 4.74 Å². The van der Waals surface area contributed by atoms with Crippen molar-refractivity contribution in [2.45, 2.75) is 25.4 Å². The van der Waals surface area contributed by atoms with Gasteiger partial charge in [-0.25, -0.2) is 4.79 Å². The number of benzene rings is 2. The summed E-state index contributed by atoms with van der Waals surface area (Å²) in [4.78, 5) is 41.1. The highest BCUT2D eigenvalue weighted by Gasteiger charge is 2.51.